The second-order valence-electron chi connectivity index (χ2n) is 8.44. The van der Waals surface area contributed by atoms with Crippen LogP contribution >= 0.6 is 0 Å². The third kappa shape index (κ3) is 6.34. The highest BCUT2D eigenvalue weighted by Gasteiger charge is 2.48. The lowest BCUT2D eigenvalue weighted by molar-refractivity contribution is -0.160. The molecule has 0 radical (unpaired) electrons. The van der Waals surface area contributed by atoms with Gasteiger partial charge in [0.1, 0.15) is 17.2 Å². The number of hydrogen-bond acceptors (Lipinski definition) is 5. The molecule has 0 spiro atoms. The van der Waals surface area contributed by atoms with Crippen LogP contribution in [0.5, 0.6) is 0 Å². The highest BCUT2D eigenvalue weighted by atomic mass is 16.6. The van der Waals surface area contributed by atoms with Crippen molar-refractivity contribution in [2.24, 2.45) is 5.92 Å². The second-order valence-corrected chi connectivity index (χ2v) is 8.44. The first-order valence-electron chi connectivity index (χ1n) is 8.87. The predicted octanol–water partition coefficient (Wildman–Crippen LogP) is 3.28. The van der Waals surface area contributed by atoms with Crippen LogP contribution in [-0.4, -0.2) is 52.0 Å². The Morgan fingerprint density at radius 1 is 1.12 bits per heavy atom. The maximum Gasteiger partial charge on any atom is 0.411 e. The number of allylic oxidation sites excluding steroid dienone is 1. The van der Waals surface area contributed by atoms with Gasteiger partial charge in [-0.15, -0.1) is 0 Å². The largest absolute Gasteiger partial charge is 0.458 e. The minimum absolute atomic E-state index is 0.0258. The van der Waals surface area contributed by atoms with Crippen LogP contribution in [-0.2, 0) is 14.3 Å². The zero-order valence-electron chi connectivity index (χ0n) is 16.5. The molecule has 0 aromatic carbocycles. The fourth-order valence-corrected chi connectivity index (χ4v) is 3.06. The summed E-state index contributed by atoms with van der Waals surface area (Å²) in [4.78, 5) is 26.9. The molecule has 0 bridgehead atoms. The van der Waals surface area contributed by atoms with Crippen molar-refractivity contribution < 1.29 is 24.2 Å². The SMILES string of the molecule is CC=C[C@@H]1C[C@H](C(=O)OC(C)(C)C)N(C(=O)OC(C)(C)C)[C@@H]1CCO. The van der Waals surface area contributed by atoms with E-state index >= 15 is 0 Å². The molecular formula is C19H33NO5. The van der Waals surface area contributed by atoms with Crippen LogP contribution in [0.2, 0.25) is 0 Å². The first-order valence-corrected chi connectivity index (χ1v) is 8.87. The summed E-state index contributed by atoms with van der Waals surface area (Å²) >= 11 is 0. The number of carbonyl (C=O) groups is 2. The molecule has 1 heterocycles. The van der Waals surface area contributed by atoms with Gasteiger partial charge in [-0.05, 0) is 61.3 Å². The van der Waals surface area contributed by atoms with E-state index in [1.165, 1.54) is 4.90 Å². The average molecular weight is 355 g/mol. The Labute approximate surface area is 151 Å². The average Bonchev–Trinajstić information content (AvgIpc) is 2.75. The third-order valence-corrected chi connectivity index (χ3v) is 3.83. The van der Waals surface area contributed by atoms with Gasteiger partial charge in [0.15, 0.2) is 0 Å². The van der Waals surface area contributed by atoms with Crippen molar-refractivity contribution in [2.75, 3.05) is 6.61 Å². The molecule has 1 N–H and O–H groups in total. The smallest absolute Gasteiger partial charge is 0.411 e. The Hall–Kier alpha value is -1.56. The van der Waals surface area contributed by atoms with Gasteiger partial charge in [0, 0.05) is 18.6 Å². The zero-order valence-corrected chi connectivity index (χ0v) is 16.5. The van der Waals surface area contributed by atoms with Crippen molar-refractivity contribution in [3.63, 3.8) is 0 Å². The van der Waals surface area contributed by atoms with Gasteiger partial charge in [0.2, 0.25) is 0 Å². The zero-order chi connectivity index (χ0) is 19.4. The van der Waals surface area contributed by atoms with Crippen LogP contribution in [0.25, 0.3) is 0 Å². The summed E-state index contributed by atoms with van der Waals surface area (Å²) in [5.41, 5.74) is -1.31. The first kappa shape index (κ1) is 21.5. The Morgan fingerprint density at radius 2 is 1.68 bits per heavy atom. The van der Waals surface area contributed by atoms with Gasteiger partial charge >= 0.3 is 12.1 Å². The normalized spacial score (nSPS) is 24.6. The summed E-state index contributed by atoms with van der Waals surface area (Å²) < 4.78 is 11.0. The molecule has 1 saturated heterocycles. The molecule has 0 unspecified atom stereocenters. The van der Waals surface area contributed by atoms with E-state index in [9.17, 15) is 14.7 Å². The second kappa shape index (κ2) is 8.21. The monoisotopic (exact) mass is 355 g/mol. The molecule has 25 heavy (non-hydrogen) atoms. The summed E-state index contributed by atoms with van der Waals surface area (Å²) in [6, 6.07) is -1.01. The van der Waals surface area contributed by atoms with Crippen molar-refractivity contribution in [3.05, 3.63) is 12.2 Å². The number of likely N-dealkylation sites (tertiary alicyclic amines) is 1. The Kier molecular flexibility index (Phi) is 7.06. The van der Waals surface area contributed by atoms with Crippen molar-refractivity contribution in [2.45, 2.75) is 84.6 Å². The summed E-state index contributed by atoms with van der Waals surface area (Å²) in [5.74, 6) is -0.463. The molecule has 3 atom stereocenters. The Morgan fingerprint density at radius 3 is 2.12 bits per heavy atom. The van der Waals surface area contributed by atoms with Gasteiger partial charge in [-0.2, -0.15) is 0 Å². The van der Waals surface area contributed by atoms with E-state index in [1.54, 1.807) is 41.5 Å². The summed E-state index contributed by atoms with van der Waals surface area (Å²) in [5, 5.41) is 9.44. The number of aliphatic hydroxyl groups is 1. The molecule has 1 fully saturated rings. The minimum atomic E-state index is -0.716. The van der Waals surface area contributed by atoms with Crippen molar-refractivity contribution >= 4 is 12.1 Å². The molecule has 6 heteroatoms. The number of rotatable bonds is 4. The van der Waals surface area contributed by atoms with Crippen molar-refractivity contribution in [3.8, 4) is 0 Å². The summed E-state index contributed by atoms with van der Waals surface area (Å²) in [6.45, 7) is 12.6. The fourth-order valence-electron chi connectivity index (χ4n) is 3.06. The lowest BCUT2D eigenvalue weighted by Gasteiger charge is -2.33. The van der Waals surface area contributed by atoms with Crippen LogP contribution < -0.4 is 0 Å². The minimum Gasteiger partial charge on any atom is -0.458 e. The van der Waals surface area contributed by atoms with Gasteiger partial charge < -0.3 is 14.6 Å². The topological polar surface area (TPSA) is 76.1 Å². The number of esters is 1. The number of carbonyl (C=O) groups excluding carboxylic acids is 2. The molecule has 0 aliphatic carbocycles. The molecular weight excluding hydrogens is 322 g/mol. The van der Waals surface area contributed by atoms with E-state index in [-0.39, 0.29) is 18.6 Å². The van der Waals surface area contributed by atoms with E-state index in [0.717, 1.165) is 0 Å². The van der Waals surface area contributed by atoms with E-state index in [1.807, 2.05) is 19.1 Å². The Balaban J connectivity index is 3.16. The van der Waals surface area contributed by atoms with Gasteiger partial charge in [-0.25, -0.2) is 9.59 Å². The van der Waals surface area contributed by atoms with E-state index in [4.69, 9.17) is 9.47 Å². The number of aliphatic hydroxyl groups excluding tert-OH is 1. The molecule has 1 aliphatic rings. The highest BCUT2D eigenvalue weighted by molar-refractivity contribution is 5.83. The van der Waals surface area contributed by atoms with Crippen LogP contribution in [0.4, 0.5) is 4.79 Å². The maximum atomic E-state index is 12.8. The summed E-state index contributed by atoms with van der Waals surface area (Å²) in [7, 11) is 0. The molecule has 0 saturated carbocycles. The fraction of sp³-hybridized carbons (Fsp3) is 0.789. The van der Waals surface area contributed by atoms with E-state index < -0.39 is 29.3 Å². The lowest BCUT2D eigenvalue weighted by Crippen LogP contribution is -2.49. The van der Waals surface area contributed by atoms with Crippen molar-refractivity contribution in [1.29, 1.82) is 0 Å². The Bertz CT molecular complexity index is 501. The van der Waals surface area contributed by atoms with Gasteiger partial charge in [0.25, 0.3) is 0 Å². The highest BCUT2D eigenvalue weighted by Crippen LogP contribution is 2.35. The maximum absolute atomic E-state index is 12.8. The van der Waals surface area contributed by atoms with Gasteiger partial charge in [-0.1, -0.05) is 12.2 Å². The first-order chi connectivity index (χ1) is 11.4. The lowest BCUT2D eigenvalue weighted by atomic mass is 9.96. The number of hydrogen-bond donors (Lipinski definition) is 1. The molecule has 0 aromatic heterocycles. The van der Waals surface area contributed by atoms with Crippen LogP contribution in [0.3, 0.4) is 0 Å². The molecule has 1 amide bonds. The molecule has 0 aromatic rings. The number of amides is 1. The molecule has 1 rings (SSSR count). The standard InChI is InChI=1S/C19H33NO5/c1-8-9-13-12-15(16(22)24-18(2,3)4)20(14(13)10-11-21)17(23)25-19(5,6)7/h8-9,13-15,21H,10-12H2,1-7H3/t13-,14-,15-/m1/s1. The van der Waals surface area contributed by atoms with E-state index in [0.29, 0.717) is 12.8 Å². The number of ether oxygens (including phenoxy) is 2. The predicted molar refractivity (Wildman–Crippen MR) is 96.1 cm³/mol. The number of nitrogens with zero attached hydrogens (tertiary/aromatic N) is 1. The summed E-state index contributed by atoms with van der Waals surface area (Å²) in [6.07, 6.45) is 4.17. The molecule has 6 nitrogen and oxygen atoms in total. The molecule has 1 aliphatic heterocycles. The van der Waals surface area contributed by atoms with Crippen molar-refractivity contribution in [1.82, 2.24) is 4.90 Å². The van der Waals surface area contributed by atoms with Crippen LogP contribution in [0.15, 0.2) is 12.2 Å². The van der Waals surface area contributed by atoms with Crippen LogP contribution in [0, 0.1) is 5.92 Å². The van der Waals surface area contributed by atoms with Gasteiger partial charge in [-0.3, -0.25) is 4.90 Å². The quantitative estimate of drug-likeness (QED) is 0.619. The van der Waals surface area contributed by atoms with Gasteiger partial charge in [0.05, 0.1) is 0 Å². The van der Waals surface area contributed by atoms with E-state index in [2.05, 4.69) is 0 Å². The third-order valence-electron chi connectivity index (χ3n) is 3.83. The molecule has 144 valence electrons. The van der Waals surface area contributed by atoms with Crippen LogP contribution in [0.1, 0.15) is 61.3 Å².